The van der Waals surface area contributed by atoms with Crippen molar-refractivity contribution in [2.75, 3.05) is 37.0 Å². The maximum Gasteiger partial charge on any atom is 0.423 e. The van der Waals surface area contributed by atoms with Crippen molar-refractivity contribution in [3.8, 4) is 5.75 Å². The molecule has 5 rings (SSSR count). The van der Waals surface area contributed by atoms with Gasteiger partial charge in [-0.05, 0) is 43.2 Å². The van der Waals surface area contributed by atoms with E-state index in [2.05, 4.69) is 25.7 Å². The quantitative estimate of drug-likeness (QED) is 0.229. The van der Waals surface area contributed by atoms with Crippen molar-refractivity contribution < 1.29 is 35.8 Å². The summed E-state index contributed by atoms with van der Waals surface area (Å²) < 4.78 is 93.5. The number of methoxy groups -OCH3 is 1. The maximum absolute atomic E-state index is 14.0. The van der Waals surface area contributed by atoms with Crippen molar-refractivity contribution in [3.05, 3.63) is 87.7 Å². The van der Waals surface area contributed by atoms with Gasteiger partial charge in [-0.2, -0.15) is 31.4 Å². The highest BCUT2D eigenvalue weighted by molar-refractivity contribution is 5.50. The van der Waals surface area contributed by atoms with Crippen LogP contribution in [0.3, 0.4) is 0 Å². The van der Waals surface area contributed by atoms with E-state index in [4.69, 9.17) is 9.47 Å². The first-order valence-electron chi connectivity index (χ1n) is 14.1. The Morgan fingerprint density at radius 1 is 1.04 bits per heavy atom. The van der Waals surface area contributed by atoms with Gasteiger partial charge < -0.3 is 19.7 Å². The molecule has 0 spiro atoms. The average Bonchev–Trinajstić information content (AvgIpc) is 3.68. The zero-order chi connectivity index (χ0) is 33.1. The predicted octanol–water partition coefficient (Wildman–Crippen LogP) is 4.79. The third-order valence-electron chi connectivity index (χ3n) is 7.33. The highest BCUT2D eigenvalue weighted by Crippen LogP contribution is 2.33. The van der Waals surface area contributed by atoms with Gasteiger partial charge in [-0.3, -0.25) is 4.79 Å². The zero-order valence-electron chi connectivity index (χ0n) is 24.7. The number of ether oxygens (including phenoxy) is 2. The predicted molar refractivity (Wildman–Crippen MR) is 153 cm³/mol. The first-order valence-corrected chi connectivity index (χ1v) is 14.1. The molecule has 1 aliphatic heterocycles. The Morgan fingerprint density at radius 2 is 1.80 bits per heavy atom. The molecule has 4 aromatic rings. The first-order chi connectivity index (χ1) is 21.8. The molecule has 2 atom stereocenters. The lowest BCUT2D eigenvalue weighted by molar-refractivity contribution is -0.139. The lowest BCUT2D eigenvalue weighted by Gasteiger charge is -2.19. The van der Waals surface area contributed by atoms with Crippen LogP contribution >= 0.6 is 0 Å². The van der Waals surface area contributed by atoms with Crippen LogP contribution in [0.1, 0.15) is 41.8 Å². The summed E-state index contributed by atoms with van der Waals surface area (Å²) in [6.45, 7) is 2.49. The Labute approximate surface area is 258 Å². The van der Waals surface area contributed by atoms with Gasteiger partial charge in [0.1, 0.15) is 22.8 Å². The molecule has 1 aliphatic rings. The Kier molecular flexibility index (Phi) is 9.50. The minimum Gasteiger partial charge on any atom is -0.497 e. The molecular weight excluding hydrogens is 622 g/mol. The molecular formula is C29H30F6N8O3. The number of rotatable bonds is 11. The maximum atomic E-state index is 14.0. The molecule has 0 bridgehead atoms. The molecule has 46 heavy (non-hydrogen) atoms. The number of aromatic nitrogens is 6. The summed E-state index contributed by atoms with van der Waals surface area (Å²) in [5.41, 5.74) is -2.86. The summed E-state index contributed by atoms with van der Waals surface area (Å²) in [5, 5.41) is 14.8. The smallest absolute Gasteiger partial charge is 0.423 e. The van der Waals surface area contributed by atoms with E-state index in [-0.39, 0.29) is 25.8 Å². The van der Waals surface area contributed by atoms with Crippen LogP contribution < -0.4 is 20.5 Å². The average molecular weight is 653 g/mol. The molecule has 3 aromatic heterocycles. The monoisotopic (exact) mass is 652 g/mol. The normalized spacial score (nSPS) is 16.1. The Hall–Kier alpha value is -4.67. The van der Waals surface area contributed by atoms with Gasteiger partial charge in [0, 0.05) is 25.3 Å². The van der Waals surface area contributed by atoms with Gasteiger partial charge in [0.15, 0.2) is 0 Å². The van der Waals surface area contributed by atoms with Crippen molar-refractivity contribution in [3.63, 3.8) is 0 Å². The van der Waals surface area contributed by atoms with Crippen molar-refractivity contribution in [1.29, 1.82) is 0 Å². The lowest BCUT2D eigenvalue weighted by Crippen LogP contribution is -2.34. The SMILES string of the molecule is COc1ccc(Cn2ncc(NC(C)COCc3cn(C4CCN(c5ccc(C(F)(F)F)cn5)C4)nn3)c(C(F)(F)F)c2=O)cc1. The molecule has 0 amide bonds. The van der Waals surface area contributed by atoms with Crippen LogP contribution in [0.25, 0.3) is 0 Å². The van der Waals surface area contributed by atoms with E-state index in [9.17, 15) is 31.1 Å². The Bertz CT molecular complexity index is 1670. The standard InChI is InChI=1S/C29H30F6N8O3/c1-18(38-24-12-37-43(27(44)26(24)29(33,34)35)13-19-3-6-23(45-2)7-4-19)16-46-17-21-14-42(40-39-21)22-9-10-41(15-22)25-8-5-20(11-36-25)28(30,31)32/h3-8,11-12,14,18,22,38H,9-10,13,15-17H2,1-2H3. The van der Waals surface area contributed by atoms with Crippen LogP contribution in [0.4, 0.5) is 37.8 Å². The van der Waals surface area contributed by atoms with Gasteiger partial charge >= 0.3 is 12.4 Å². The number of hydrogen-bond acceptors (Lipinski definition) is 9. The fourth-order valence-electron chi connectivity index (χ4n) is 5.00. The molecule has 4 heterocycles. The minimum atomic E-state index is -4.93. The van der Waals surface area contributed by atoms with Crippen LogP contribution in [0, 0.1) is 0 Å². The van der Waals surface area contributed by atoms with E-state index in [0.717, 1.165) is 23.1 Å². The summed E-state index contributed by atoms with van der Waals surface area (Å²) in [6, 6.07) is 8.14. The van der Waals surface area contributed by atoms with E-state index in [1.807, 2.05) is 4.90 Å². The second-order valence-electron chi connectivity index (χ2n) is 10.8. The Morgan fingerprint density at radius 3 is 2.46 bits per heavy atom. The molecule has 1 aromatic carbocycles. The number of nitrogens with one attached hydrogen (secondary N) is 1. The zero-order valence-corrected chi connectivity index (χ0v) is 24.7. The number of benzene rings is 1. The second kappa shape index (κ2) is 13.4. The highest BCUT2D eigenvalue weighted by atomic mass is 19.4. The summed E-state index contributed by atoms with van der Waals surface area (Å²) in [4.78, 5) is 18.6. The van der Waals surface area contributed by atoms with Crippen molar-refractivity contribution in [2.45, 2.75) is 50.9 Å². The Balaban J connectivity index is 1.15. The molecule has 17 heteroatoms. The number of hydrogen-bond donors (Lipinski definition) is 1. The topological polar surface area (TPSA) is 112 Å². The highest BCUT2D eigenvalue weighted by Gasteiger charge is 2.38. The molecule has 0 radical (unpaired) electrons. The summed E-state index contributed by atoms with van der Waals surface area (Å²) in [5.74, 6) is 0.997. The number of halogens is 6. The summed E-state index contributed by atoms with van der Waals surface area (Å²) in [7, 11) is 1.49. The summed E-state index contributed by atoms with van der Waals surface area (Å²) in [6.07, 6.45) is -5.26. The van der Waals surface area contributed by atoms with Crippen molar-refractivity contribution >= 4 is 11.5 Å². The molecule has 2 unspecified atom stereocenters. The van der Waals surface area contributed by atoms with Crippen molar-refractivity contribution in [1.82, 2.24) is 29.8 Å². The largest absolute Gasteiger partial charge is 0.497 e. The second-order valence-corrected chi connectivity index (χ2v) is 10.8. The van der Waals surface area contributed by atoms with Gasteiger partial charge in [0.05, 0.1) is 56.6 Å². The van der Waals surface area contributed by atoms with Crippen LogP contribution in [0.5, 0.6) is 5.75 Å². The van der Waals surface area contributed by atoms with E-state index in [1.54, 1.807) is 42.1 Å². The van der Waals surface area contributed by atoms with E-state index < -0.39 is 40.8 Å². The van der Waals surface area contributed by atoms with E-state index in [1.165, 1.54) is 13.2 Å². The third kappa shape index (κ3) is 7.75. The van der Waals surface area contributed by atoms with Gasteiger partial charge in [0.2, 0.25) is 0 Å². The fourth-order valence-corrected chi connectivity index (χ4v) is 5.00. The van der Waals surface area contributed by atoms with Gasteiger partial charge in [0.25, 0.3) is 5.56 Å². The van der Waals surface area contributed by atoms with Gasteiger partial charge in [-0.15, -0.1) is 5.10 Å². The lowest BCUT2D eigenvalue weighted by atomic mass is 10.2. The molecule has 1 saturated heterocycles. The van der Waals surface area contributed by atoms with Crippen molar-refractivity contribution in [2.24, 2.45) is 0 Å². The molecule has 1 N–H and O–H groups in total. The molecule has 246 valence electrons. The minimum absolute atomic E-state index is 0.0180. The first kappa shape index (κ1) is 32.7. The van der Waals surface area contributed by atoms with Crippen LogP contribution in [-0.2, 0) is 30.2 Å². The van der Waals surface area contributed by atoms with E-state index in [0.29, 0.717) is 42.3 Å². The van der Waals surface area contributed by atoms with Gasteiger partial charge in [-0.1, -0.05) is 17.3 Å². The molecule has 11 nitrogen and oxygen atoms in total. The van der Waals surface area contributed by atoms with Crippen LogP contribution in [0.2, 0.25) is 0 Å². The number of alkyl halides is 6. The van der Waals surface area contributed by atoms with E-state index >= 15 is 0 Å². The summed E-state index contributed by atoms with van der Waals surface area (Å²) >= 11 is 0. The number of anilines is 2. The molecule has 1 fully saturated rings. The van der Waals surface area contributed by atoms with Crippen LogP contribution in [-0.4, -0.2) is 62.6 Å². The molecule has 0 aliphatic carbocycles. The number of pyridine rings is 1. The van der Waals surface area contributed by atoms with Gasteiger partial charge in [-0.25, -0.2) is 14.3 Å². The third-order valence-corrected chi connectivity index (χ3v) is 7.33. The fraction of sp³-hybridized carbons (Fsp3) is 0.414. The van der Waals surface area contributed by atoms with Crippen LogP contribution in [0.15, 0.2) is 59.8 Å². The number of nitrogens with zero attached hydrogens (tertiary/aromatic N) is 7. The molecule has 0 saturated carbocycles.